The Kier molecular flexibility index (Phi) is 16.9. The van der Waals surface area contributed by atoms with Crippen molar-refractivity contribution in [2.75, 3.05) is 34.4 Å². The number of ketones is 1. The number of piperidine rings is 1. The lowest BCUT2D eigenvalue weighted by Crippen LogP contribution is -2.48. The van der Waals surface area contributed by atoms with Crippen molar-refractivity contribution in [3.8, 4) is 0 Å². The molecular weight excluding hydrogens is 685 g/mol. The molecule has 1 fully saturated rings. The summed E-state index contributed by atoms with van der Waals surface area (Å²) in [4.78, 5) is 74.1. The van der Waals surface area contributed by atoms with Gasteiger partial charge < -0.3 is 24.8 Å². The highest BCUT2D eigenvalue weighted by Gasteiger charge is 2.37. The number of hydrogen-bond acceptors (Lipinski definition) is 11. The van der Waals surface area contributed by atoms with Gasteiger partial charge in [-0.2, -0.15) is 0 Å². The molecule has 1 aliphatic heterocycles. The molecule has 0 radical (unpaired) electrons. The summed E-state index contributed by atoms with van der Waals surface area (Å²) >= 11 is 1.18. The third kappa shape index (κ3) is 12.2. The van der Waals surface area contributed by atoms with E-state index in [1.165, 1.54) is 25.4 Å². The number of carbonyl (C=O) groups excluding carboxylic acids is 5. The second-order valence-electron chi connectivity index (χ2n) is 14.7. The van der Waals surface area contributed by atoms with Gasteiger partial charge in [-0.1, -0.05) is 64.4 Å². The summed E-state index contributed by atoms with van der Waals surface area (Å²) in [6.07, 6.45) is 3.01. The van der Waals surface area contributed by atoms with Crippen LogP contribution in [0.5, 0.6) is 0 Å². The third-order valence-corrected chi connectivity index (χ3v) is 11.0. The molecule has 1 saturated heterocycles. The molecule has 0 saturated carbocycles. The number of benzene rings is 1. The van der Waals surface area contributed by atoms with Crippen LogP contribution in [0.2, 0.25) is 0 Å². The van der Waals surface area contributed by atoms with Crippen LogP contribution in [0.15, 0.2) is 35.7 Å². The summed E-state index contributed by atoms with van der Waals surface area (Å²) in [5, 5.41) is 14.8. The Balaban J connectivity index is 1.81. The number of thiazole rings is 1. The highest BCUT2D eigenvalue weighted by Crippen LogP contribution is 2.32. The second-order valence-corrected chi connectivity index (χ2v) is 15.6. The van der Waals surface area contributed by atoms with Gasteiger partial charge in [-0.15, -0.1) is 11.3 Å². The van der Waals surface area contributed by atoms with Gasteiger partial charge in [0.1, 0.15) is 10.7 Å². The first-order valence-electron chi connectivity index (χ1n) is 18.3. The normalized spacial score (nSPS) is 17.9. The Labute approximate surface area is 312 Å². The Hall–Kier alpha value is -3.68. The molecule has 3 rings (SSSR count). The maximum Gasteiger partial charge on any atom is 0.311 e. The molecule has 13 heteroatoms. The van der Waals surface area contributed by atoms with E-state index in [0.29, 0.717) is 11.4 Å². The quantitative estimate of drug-likeness (QED) is 0.191. The lowest BCUT2D eigenvalue weighted by Gasteiger charge is -2.37. The van der Waals surface area contributed by atoms with E-state index in [0.717, 1.165) is 31.4 Å². The van der Waals surface area contributed by atoms with Gasteiger partial charge in [0, 0.05) is 50.2 Å². The van der Waals surface area contributed by atoms with Gasteiger partial charge in [0.15, 0.2) is 11.9 Å². The number of amides is 2. The van der Waals surface area contributed by atoms with Gasteiger partial charge in [0.2, 0.25) is 5.91 Å². The number of nitrogens with one attached hydrogen (secondary N) is 1. The van der Waals surface area contributed by atoms with Crippen LogP contribution in [0.25, 0.3) is 0 Å². The van der Waals surface area contributed by atoms with E-state index in [-0.39, 0.29) is 60.6 Å². The highest BCUT2D eigenvalue weighted by molar-refractivity contribution is 7.09. The van der Waals surface area contributed by atoms with Gasteiger partial charge in [-0.3, -0.25) is 28.9 Å². The summed E-state index contributed by atoms with van der Waals surface area (Å²) in [5.74, 6) is -3.01. The smallest absolute Gasteiger partial charge is 0.311 e. The number of aromatic nitrogens is 1. The molecular formula is C39H58N4O8S. The number of methoxy groups -OCH3 is 1. The molecule has 6 atom stereocenters. The topological polar surface area (TPSA) is 155 Å². The molecule has 1 aromatic carbocycles. The lowest BCUT2D eigenvalue weighted by molar-refractivity contribution is -0.150. The number of carbonyl (C=O) groups is 5. The fourth-order valence-electron chi connectivity index (χ4n) is 7.01. The minimum Gasteiger partial charge on any atom is -0.469 e. The highest BCUT2D eigenvalue weighted by atomic mass is 32.1. The summed E-state index contributed by atoms with van der Waals surface area (Å²) in [6.45, 7) is 9.67. The van der Waals surface area contributed by atoms with E-state index in [1.807, 2.05) is 65.1 Å². The molecule has 0 spiro atoms. The Morgan fingerprint density at radius 1 is 1.06 bits per heavy atom. The molecule has 288 valence electrons. The summed E-state index contributed by atoms with van der Waals surface area (Å²) in [7, 11) is 4.97. The number of aliphatic hydroxyl groups excluding tert-OH is 1. The summed E-state index contributed by atoms with van der Waals surface area (Å²) in [5.41, 5.74) is 1.05. The molecule has 2 N–H and O–H groups in total. The number of nitrogens with zero attached hydrogens (tertiary/aromatic N) is 3. The van der Waals surface area contributed by atoms with Crippen molar-refractivity contribution in [3.63, 3.8) is 0 Å². The zero-order valence-corrected chi connectivity index (χ0v) is 32.8. The molecule has 2 amide bonds. The van der Waals surface area contributed by atoms with E-state index < -0.39 is 48.4 Å². The molecule has 12 nitrogen and oxygen atoms in total. The third-order valence-electron chi connectivity index (χ3n) is 10.1. The van der Waals surface area contributed by atoms with Gasteiger partial charge in [0.25, 0.3) is 5.91 Å². The van der Waals surface area contributed by atoms with Crippen LogP contribution in [0.4, 0.5) is 0 Å². The number of Topliss-reactive ketones (excluding diaryl/α,β-unsaturated/α-hetero) is 1. The molecule has 2 aromatic rings. The van der Waals surface area contributed by atoms with E-state index in [1.54, 1.807) is 17.3 Å². The SMILES string of the molecule is COC(=O)[C@H](CO)C[C@H](Cc1ccccc1)NC(=O)c1csc([C@@H](C[C@H](C(C)C)N(C)C(=O)[C@@H](CC(=O)[C@H]2CCCCN2C)C(C)C)OC(C)=O)n1. The van der Waals surface area contributed by atoms with E-state index >= 15 is 0 Å². The zero-order valence-electron chi connectivity index (χ0n) is 32.0. The number of likely N-dealkylation sites (N-methyl/N-ethyl adjacent to an activating group) is 1. The number of esters is 2. The number of likely N-dealkylation sites (tertiary alicyclic amines) is 1. The first-order valence-corrected chi connectivity index (χ1v) is 19.2. The first-order chi connectivity index (χ1) is 24.7. The van der Waals surface area contributed by atoms with E-state index in [9.17, 15) is 29.1 Å². The van der Waals surface area contributed by atoms with Gasteiger partial charge in [-0.25, -0.2) is 4.98 Å². The maximum atomic E-state index is 14.1. The molecule has 0 aliphatic carbocycles. The Morgan fingerprint density at radius 3 is 2.33 bits per heavy atom. The summed E-state index contributed by atoms with van der Waals surface area (Å²) < 4.78 is 10.6. The van der Waals surface area contributed by atoms with Crippen molar-refractivity contribution in [3.05, 3.63) is 52.0 Å². The molecule has 1 aliphatic rings. The maximum absolute atomic E-state index is 14.1. The Bertz CT molecular complexity index is 1480. The predicted octanol–water partition coefficient (Wildman–Crippen LogP) is 4.85. The summed E-state index contributed by atoms with van der Waals surface area (Å²) in [6, 6.07) is 8.43. The van der Waals surface area contributed by atoms with Gasteiger partial charge in [0.05, 0.1) is 25.7 Å². The van der Waals surface area contributed by atoms with E-state index in [2.05, 4.69) is 15.2 Å². The minimum absolute atomic E-state index is 0.0317. The van der Waals surface area contributed by atoms with Crippen LogP contribution in [0.1, 0.15) is 100 Å². The zero-order chi connectivity index (χ0) is 38.5. The first kappa shape index (κ1) is 42.7. The van der Waals surface area contributed by atoms with Crippen molar-refractivity contribution < 1.29 is 38.6 Å². The van der Waals surface area contributed by atoms with Crippen molar-refractivity contribution in [2.45, 2.75) is 104 Å². The fraction of sp³-hybridized carbons (Fsp3) is 0.641. The number of ether oxygens (including phenoxy) is 2. The van der Waals surface area contributed by atoms with Crippen molar-refractivity contribution in [2.24, 2.45) is 23.7 Å². The molecule has 0 bridgehead atoms. The number of aliphatic hydroxyl groups is 1. The van der Waals surface area contributed by atoms with Crippen LogP contribution < -0.4 is 5.32 Å². The predicted molar refractivity (Wildman–Crippen MR) is 199 cm³/mol. The van der Waals surface area contributed by atoms with E-state index in [4.69, 9.17) is 9.47 Å². The minimum atomic E-state index is -0.833. The van der Waals surface area contributed by atoms with Gasteiger partial charge in [-0.05, 0) is 56.7 Å². The monoisotopic (exact) mass is 742 g/mol. The second kappa shape index (κ2) is 20.5. The largest absolute Gasteiger partial charge is 0.469 e. The average molecular weight is 743 g/mol. The van der Waals surface area contributed by atoms with Crippen LogP contribution >= 0.6 is 11.3 Å². The van der Waals surface area contributed by atoms with Crippen LogP contribution in [0, 0.1) is 23.7 Å². The van der Waals surface area contributed by atoms with Crippen LogP contribution in [0.3, 0.4) is 0 Å². The standard InChI is InChI=1S/C39H58N4O8S/c1-24(2)30(20-34(46)32-16-12-13-17-42(32)6)38(48)43(7)33(25(3)4)21-35(51-26(5)45)37-41-31(23-52-37)36(47)40-29(18-27-14-10-9-11-15-27)19-28(22-44)39(49)50-8/h9-11,14-15,23-25,28-30,32-33,35,44H,12-13,16-22H2,1-8H3,(H,40,47)/t28-,29-,30-,32+,33+,35+/m0/s1. The van der Waals surface area contributed by atoms with Crippen LogP contribution in [-0.4, -0.2) is 102 Å². The molecule has 2 heterocycles. The Morgan fingerprint density at radius 2 is 1.75 bits per heavy atom. The molecule has 1 aromatic heterocycles. The van der Waals surface area contributed by atoms with Crippen molar-refractivity contribution in [1.29, 1.82) is 0 Å². The number of hydrogen-bond donors (Lipinski definition) is 2. The fourth-order valence-corrected chi connectivity index (χ4v) is 7.85. The molecule has 52 heavy (non-hydrogen) atoms. The van der Waals surface area contributed by atoms with Gasteiger partial charge >= 0.3 is 11.9 Å². The van der Waals surface area contributed by atoms with Crippen LogP contribution in [-0.2, 0) is 35.1 Å². The van der Waals surface area contributed by atoms with Crippen molar-refractivity contribution in [1.82, 2.24) is 20.1 Å². The molecule has 0 unspecified atom stereocenters. The lowest BCUT2D eigenvalue weighted by atomic mass is 9.84. The number of rotatable bonds is 19. The van der Waals surface area contributed by atoms with Crippen molar-refractivity contribution >= 4 is 40.9 Å². The average Bonchev–Trinajstić information content (AvgIpc) is 3.61.